The van der Waals surface area contributed by atoms with Crippen molar-refractivity contribution in [2.24, 2.45) is 0 Å². The van der Waals surface area contributed by atoms with Gasteiger partial charge in [-0.05, 0) is 35.9 Å². The van der Waals surface area contributed by atoms with Crippen molar-refractivity contribution < 1.29 is 14.5 Å². The van der Waals surface area contributed by atoms with Crippen molar-refractivity contribution >= 4 is 36.8 Å². The molecule has 6 nitrogen and oxygen atoms in total. The molecule has 3 N–H and O–H groups in total. The van der Waals surface area contributed by atoms with E-state index in [1.54, 1.807) is 23.9 Å². The first-order chi connectivity index (χ1) is 13.5. The van der Waals surface area contributed by atoms with Gasteiger partial charge in [-0.2, -0.15) is 0 Å². The zero-order chi connectivity index (χ0) is 19.6. The van der Waals surface area contributed by atoms with Crippen molar-refractivity contribution in [1.82, 2.24) is 4.67 Å². The lowest BCUT2D eigenvalue weighted by Crippen LogP contribution is -2.29. The molecule has 0 aliphatic carbocycles. The van der Waals surface area contributed by atoms with Crippen molar-refractivity contribution in [2.45, 2.75) is 16.3 Å². The minimum absolute atomic E-state index is 0.0209. The molecule has 0 saturated carbocycles. The Kier molecular flexibility index (Phi) is 5.03. The molecular formula is C20H18N3O3PS. The van der Waals surface area contributed by atoms with Crippen molar-refractivity contribution in [3.63, 3.8) is 0 Å². The molecule has 0 spiro atoms. The average molecular weight is 411 g/mol. The Morgan fingerprint density at radius 1 is 0.893 bits per heavy atom. The molecule has 4 rings (SSSR count). The highest BCUT2D eigenvalue weighted by Gasteiger charge is 2.40. The highest BCUT2D eigenvalue weighted by atomic mass is 32.2. The van der Waals surface area contributed by atoms with E-state index in [-0.39, 0.29) is 6.54 Å². The van der Waals surface area contributed by atoms with Gasteiger partial charge < -0.3 is 15.3 Å². The number of rotatable bonds is 5. The fourth-order valence-corrected chi connectivity index (χ4v) is 5.73. The Labute approximate surface area is 167 Å². The number of nitrogens with zero attached hydrogens (tertiary/aromatic N) is 1. The van der Waals surface area contributed by atoms with Crippen LogP contribution in [0.3, 0.4) is 0 Å². The third kappa shape index (κ3) is 3.86. The Balaban J connectivity index is 1.56. The summed E-state index contributed by atoms with van der Waals surface area (Å²) in [4.78, 5) is 13.9. The quantitative estimate of drug-likeness (QED) is 0.449. The summed E-state index contributed by atoms with van der Waals surface area (Å²) in [6, 6.07) is 24.6. The van der Waals surface area contributed by atoms with Crippen LogP contribution in [0.5, 0.6) is 0 Å². The lowest BCUT2D eigenvalue weighted by molar-refractivity contribution is 0.170. The maximum absolute atomic E-state index is 13.4. The Morgan fingerprint density at radius 3 is 2.21 bits per heavy atom. The maximum Gasteiger partial charge on any atom is 0.415 e. The number of anilines is 2. The van der Waals surface area contributed by atoms with Gasteiger partial charge in [0.15, 0.2) is 0 Å². The molecule has 1 heterocycles. The van der Waals surface area contributed by atoms with E-state index >= 15 is 0 Å². The van der Waals surface area contributed by atoms with Gasteiger partial charge in [0.25, 0.3) is 0 Å². The van der Waals surface area contributed by atoms with Gasteiger partial charge in [0.1, 0.15) is 0 Å². The summed E-state index contributed by atoms with van der Waals surface area (Å²) in [6.07, 6.45) is -1.25. The fourth-order valence-electron chi connectivity index (χ4n) is 2.92. The summed E-state index contributed by atoms with van der Waals surface area (Å²) in [5.41, 5.74) is 2.02. The van der Waals surface area contributed by atoms with E-state index in [0.717, 1.165) is 20.0 Å². The molecule has 0 aromatic heterocycles. The van der Waals surface area contributed by atoms with E-state index in [1.807, 2.05) is 66.7 Å². The van der Waals surface area contributed by atoms with Crippen molar-refractivity contribution in [1.29, 1.82) is 0 Å². The van der Waals surface area contributed by atoms with Crippen LogP contribution in [0.1, 0.15) is 5.56 Å². The second-order valence-electron chi connectivity index (χ2n) is 6.25. The first kappa shape index (κ1) is 18.5. The molecule has 1 aliphatic rings. The van der Waals surface area contributed by atoms with E-state index in [2.05, 4.69) is 10.2 Å². The van der Waals surface area contributed by atoms with E-state index < -0.39 is 13.7 Å². The van der Waals surface area contributed by atoms with Gasteiger partial charge in [-0.15, -0.1) is 0 Å². The van der Waals surface area contributed by atoms with E-state index in [4.69, 9.17) is 0 Å². The minimum Gasteiger partial charge on any atom is -0.465 e. The Hall–Kier alpha value is -2.89. The summed E-state index contributed by atoms with van der Waals surface area (Å²) < 4.78 is 14.3. The monoisotopic (exact) mass is 411 g/mol. The standard InChI is InChI=1S/C20H18N3O3PS/c24-20(25)23(14-15-7-3-1-4-8-15)27(26)21-18-12-11-17(13-19(18)22-27)28-16-9-5-2-6-10-16/h1-13H,14H2,(H,24,25)(H2,21,22,26). The smallest absolute Gasteiger partial charge is 0.415 e. The summed E-state index contributed by atoms with van der Waals surface area (Å²) in [7, 11) is -3.56. The molecule has 1 unspecified atom stereocenters. The predicted octanol–water partition coefficient (Wildman–Crippen LogP) is 5.96. The third-order valence-electron chi connectivity index (χ3n) is 4.25. The molecule has 1 amide bonds. The van der Waals surface area contributed by atoms with Crippen molar-refractivity contribution in [3.05, 3.63) is 84.4 Å². The minimum atomic E-state index is -3.56. The number of hydrogen-bond donors (Lipinski definition) is 3. The lowest BCUT2D eigenvalue weighted by Gasteiger charge is -2.26. The number of carboxylic acid groups (broad SMARTS) is 1. The maximum atomic E-state index is 13.4. The molecule has 3 aromatic rings. The summed E-state index contributed by atoms with van der Waals surface area (Å²) in [5.74, 6) is 0. The summed E-state index contributed by atoms with van der Waals surface area (Å²) in [6.45, 7) is 0.0209. The predicted molar refractivity (Wildman–Crippen MR) is 112 cm³/mol. The fraction of sp³-hybridized carbons (Fsp3) is 0.0500. The van der Waals surface area contributed by atoms with Crippen LogP contribution >= 0.6 is 19.4 Å². The molecule has 0 bridgehead atoms. The highest BCUT2D eigenvalue weighted by molar-refractivity contribution is 7.99. The molecule has 0 radical (unpaired) electrons. The number of fused-ring (bicyclic) bond motifs is 1. The third-order valence-corrected chi connectivity index (χ3v) is 7.33. The normalized spacial score (nSPS) is 17.3. The lowest BCUT2D eigenvalue weighted by atomic mass is 10.2. The van der Waals surface area contributed by atoms with Crippen molar-refractivity contribution in [2.75, 3.05) is 10.2 Å². The molecular weight excluding hydrogens is 393 g/mol. The van der Waals surface area contributed by atoms with Gasteiger partial charge in [0.05, 0.1) is 17.9 Å². The number of nitrogens with one attached hydrogen (secondary N) is 2. The molecule has 8 heteroatoms. The van der Waals surface area contributed by atoms with Crippen LogP contribution in [-0.4, -0.2) is 15.9 Å². The Bertz CT molecular complexity index is 1050. The number of amides is 1. The SMILES string of the molecule is O=C(O)N(Cc1ccccc1)P1(=O)Nc2ccc(Sc3ccccc3)cc2N1. The van der Waals surface area contributed by atoms with E-state index in [1.165, 1.54) is 0 Å². The summed E-state index contributed by atoms with van der Waals surface area (Å²) >= 11 is 1.58. The largest absolute Gasteiger partial charge is 0.465 e. The summed E-state index contributed by atoms with van der Waals surface area (Å²) in [5, 5.41) is 15.5. The van der Waals surface area contributed by atoms with Gasteiger partial charge >= 0.3 is 13.7 Å². The molecule has 142 valence electrons. The zero-order valence-corrected chi connectivity index (χ0v) is 16.5. The molecule has 28 heavy (non-hydrogen) atoms. The molecule has 1 aliphatic heterocycles. The molecule has 0 saturated heterocycles. The molecule has 0 fully saturated rings. The van der Waals surface area contributed by atoms with Gasteiger partial charge in [-0.25, -0.2) is 14.0 Å². The second kappa shape index (κ2) is 7.62. The molecule has 3 aromatic carbocycles. The van der Waals surface area contributed by atoms with Crippen LogP contribution in [-0.2, 0) is 11.1 Å². The Morgan fingerprint density at radius 2 is 1.54 bits per heavy atom. The van der Waals surface area contributed by atoms with E-state index in [9.17, 15) is 14.5 Å². The van der Waals surface area contributed by atoms with Gasteiger partial charge in [-0.3, -0.25) is 0 Å². The van der Waals surface area contributed by atoms with E-state index in [0.29, 0.717) is 11.4 Å². The number of benzene rings is 3. The van der Waals surface area contributed by atoms with Crippen LogP contribution in [0.25, 0.3) is 0 Å². The van der Waals surface area contributed by atoms with Gasteiger partial charge in [-0.1, -0.05) is 60.3 Å². The topological polar surface area (TPSA) is 81.7 Å². The second-order valence-corrected chi connectivity index (χ2v) is 9.48. The average Bonchev–Trinajstić information content (AvgIpc) is 3.04. The first-order valence-electron chi connectivity index (χ1n) is 8.62. The van der Waals surface area contributed by atoms with Gasteiger partial charge in [0, 0.05) is 9.79 Å². The first-order valence-corrected chi connectivity index (χ1v) is 11.1. The van der Waals surface area contributed by atoms with Crippen LogP contribution in [0, 0.1) is 0 Å². The molecule has 1 atom stereocenters. The number of carbonyl (C=O) groups is 1. The van der Waals surface area contributed by atoms with Crippen molar-refractivity contribution in [3.8, 4) is 0 Å². The zero-order valence-electron chi connectivity index (χ0n) is 14.8. The van der Waals surface area contributed by atoms with Crippen LogP contribution in [0.15, 0.2) is 88.7 Å². The van der Waals surface area contributed by atoms with Crippen LogP contribution in [0.2, 0.25) is 0 Å². The highest BCUT2D eigenvalue weighted by Crippen LogP contribution is 2.57. The van der Waals surface area contributed by atoms with Gasteiger partial charge in [0.2, 0.25) is 0 Å². The number of hydrogen-bond acceptors (Lipinski definition) is 3. The van der Waals surface area contributed by atoms with Crippen LogP contribution < -0.4 is 10.2 Å². The van der Waals surface area contributed by atoms with Crippen LogP contribution in [0.4, 0.5) is 16.2 Å².